The Balaban J connectivity index is 1.30. The summed E-state index contributed by atoms with van der Waals surface area (Å²) in [5.41, 5.74) is 4.03. The van der Waals surface area contributed by atoms with Crippen LogP contribution in [0.5, 0.6) is 0 Å². The van der Waals surface area contributed by atoms with E-state index in [2.05, 4.69) is 48.7 Å². The number of hydrogen-bond donors (Lipinski definition) is 2. The van der Waals surface area contributed by atoms with Gasteiger partial charge in [-0.15, -0.1) is 0 Å². The first-order valence-electron chi connectivity index (χ1n) is 15.5. The maximum Gasteiger partial charge on any atom is 0.246 e. The number of benzene rings is 2. The molecule has 3 heterocycles. The van der Waals surface area contributed by atoms with Crippen LogP contribution < -0.4 is 10.6 Å². The Morgan fingerprint density at radius 1 is 1.00 bits per heavy atom. The maximum atomic E-state index is 14.3. The van der Waals surface area contributed by atoms with Gasteiger partial charge in [0.1, 0.15) is 11.6 Å². The van der Waals surface area contributed by atoms with Gasteiger partial charge in [-0.05, 0) is 74.3 Å². The topological polar surface area (TPSA) is 87.7 Å². The van der Waals surface area contributed by atoms with E-state index in [1.807, 2.05) is 51.1 Å². The molecule has 2 bridgehead atoms. The van der Waals surface area contributed by atoms with Crippen LogP contribution in [0.2, 0.25) is 0 Å². The predicted molar refractivity (Wildman–Crippen MR) is 163 cm³/mol. The summed E-state index contributed by atoms with van der Waals surface area (Å²) in [4.78, 5) is 44.0. The summed E-state index contributed by atoms with van der Waals surface area (Å²) in [6.45, 7) is 10.9. The fraction of sp³-hybridized carbons (Fsp3) is 0.514. The molecule has 8 unspecified atom stereocenters. The van der Waals surface area contributed by atoms with E-state index < -0.39 is 29.6 Å². The number of fused-ring (bicyclic) bond motifs is 1. The van der Waals surface area contributed by atoms with Gasteiger partial charge in [-0.1, -0.05) is 74.7 Å². The van der Waals surface area contributed by atoms with Crippen molar-refractivity contribution in [2.75, 3.05) is 11.9 Å². The standard InChI is InChI=1S/C35H43N3O4/c1-20-9-12-25(13-10-20)16-18-38-31(33(40)37-27-8-6-7-22(3)24(27)5)35-17-15-28(42-35)29(30(35)34(38)41)32(39)36-26-14-11-21(2)23(4)19-26/h9-15,17,19,22,24,27-31H,6-8,16,18H2,1-5H3,(H,36,39)(H,37,40). The number of ether oxygens (including phenoxy) is 1. The molecule has 1 aliphatic carbocycles. The number of nitrogens with one attached hydrogen (secondary N) is 2. The summed E-state index contributed by atoms with van der Waals surface area (Å²) in [7, 11) is 0. The second-order valence-corrected chi connectivity index (χ2v) is 13.1. The fourth-order valence-corrected chi connectivity index (χ4v) is 7.60. The molecule has 1 spiro atoms. The predicted octanol–water partition coefficient (Wildman–Crippen LogP) is 4.88. The number of carbonyl (C=O) groups excluding carboxylic acids is 3. The summed E-state index contributed by atoms with van der Waals surface area (Å²) in [5.74, 6) is -1.20. The second kappa shape index (κ2) is 11.0. The summed E-state index contributed by atoms with van der Waals surface area (Å²) in [6, 6.07) is 13.3. The van der Waals surface area contributed by atoms with Gasteiger partial charge in [0, 0.05) is 18.3 Å². The van der Waals surface area contributed by atoms with Crippen LogP contribution in [0, 0.1) is 44.4 Å². The monoisotopic (exact) mass is 569 g/mol. The summed E-state index contributed by atoms with van der Waals surface area (Å²) >= 11 is 0. The Hall–Kier alpha value is -3.45. The number of likely N-dealkylation sites (tertiary alicyclic amines) is 1. The van der Waals surface area contributed by atoms with Gasteiger partial charge in [0.25, 0.3) is 0 Å². The van der Waals surface area contributed by atoms with Gasteiger partial charge < -0.3 is 20.3 Å². The second-order valence-electron chi connectivity index (χ2n) is 13.1. The minimum Gasteiger partial charge on any atom is -0.359 e. The average Bonchev–Trinajstić information content (AvgIpc) is 3.60. The molecule has 3 fully saturated rings. The van der Waals surface area contributed by atoms with Crippen LogP contribution in [0.3, 0.4) is 0 Å². The van der Waals surface area contributed by atoms with E-state index in [4.69, 9.17) is 4.74 Å². The molecular weight excluding hydrogens is 526 g/mol. The lowest BCUT2D eigenvalue weighted by Crippen LogP contribution is -2.58. The molecule has 42 heavy (non-hydrogen) atoms. The van der Waals surface area contributed by atoms with Crippen LogP contribution in [-0.4, -0.2) is 53.0 Å². The number of hydrogen-bond acceptors (Lipinski definition) is 4. The molecule has 2 N–H and O–H groups in total. The highest BCUT2D eigenvalue weighted by atomic mass is 16.5. The Kier molecular flexibility index (Phi) is 7.50. The minimum atomic E-state index is -1.16. The van der Waals surface area contributed by atoms with Gasteiger partial charge in [0.2, 0.25) is 17.7 Å². The molecule has 8 atom stereocenters. The number of anilines is 1. The number of rotatable bonds is 7. The summed E-state index contributed by atoms with van der Waals surface area (Å²) < 4.78 is 6.54. The third kappa shape index (κ3) is 4.85. The third-order valence-corrected chi connectivity index (χ3v) is 10.5. The van der Waals surface area contributed by atoms with Crippen LogP contribution in [0.4, 0.5) is 5.69 Å². The van der Waals surface area contributed by atoms with Gasteiger partial charge in [0.05, 0.1) is 17.9 Å². The van der Waals surface area contributed by atoms with Crippen molar-refractivity contribution >= 4 is 23.4 Å². The quantitative estimate of drug-likeness (QED) is 0.465. The first-order chi connectivity index (χ1) is 20.1. The lowest BCUT2D eigenvalue weighted by atomic mass is 9.73. The first kappa shape index (κ1) is 28.7. The lowest BCUT2D eigenvalue weighted by Gasteiger charge is -2.38. The van der Waals surface area contributed by atoms with Crippen molar-refractivity contribution in [1.82, 2.24) is 10.2 Å². The van der Waals surface area contributed by atoms with Crippen LogP contribution in [0.25, 0.3) is 0 Å². The Bertz CT molecular complexity index is 1420. The molecule has 7 heteroatoms. The largest absolute Gasteiger partial charge is 0.359 e. The Labute approximate surface area is 249 Å². The Morgan fingerprint density at radius 2 is 1.76 bits per heavy atom. The molecule has 3 amide bonds. The van der Waals surface area contributed by atoms with Gasteiger partial charge in [-0.3, -0.25) is 14.4 Å². The molecule has 2 saturated heterocycles. The molecule has 1 saturated carbocycles. The van der Waals surface area contributed by atoms with Gasteiger partial charge in [-0.2, -0.15) is 0 Å². The molecule has 2 aromatic carbocycles. The van der Waals surface area contributed by atoms with Crippen molar-refractivity contribution in [3.63, 3.8) is 0 Å². The highest BCUT2D eigenvalue weighted by Crippen LogP contribution is 2.55. The zero-order valence-corrected chi connectivity index (χ0v) is 25.4. The molecular formula is C35H43N3O4. The van der Waals surface area contributed by atoms with E-state index in [9.17, 15) is 14.4 Å². The molecule has 6 rings (SSSR count). The maximum absolute atomic E-state index is 14.3. The third-order valence-electron chi connectivity index (χ3n) is 10.5. The van der Waals surface area contributed by atoms with Crippen LogP contribution in [0.1, 0.15) is 55.4 Å². The normalized spacial score (nSPS) is 33.1. The highest BCUT2D eigenvalue weighted by molar-refractivity contribution is 6.02. The summed E-state index contributed by atoms with van der Waals surface area (Å²) in [5, 5.41) is 6.38. The SMILES string of the molecule is Cc1ccc(CCN2C(=O)C3C(C(=O)Nc4ccc(C)c(C)c4)C4C=CC3(O4)C2C(=O)NC2CCCC(C)C2C)cc1. The summed E-state index contributed by atoms with van der Waals surface area (Å²) in [6.07, 6.45) is 7.00. The van der Waals surface area contributed by atoms with Crippen molar-refractivity contribution in [2.45, 2.75) is 84.1 Å². The molecule has 3 aliphatic heterocycles. The molecule has 4 aliphatic rings. The lowest BCUT2D eigenvalue weighted by molar-refractivity contribution is -0.141. The molecule has 7 nitrogen and oxygen atoms in total. The number of nitrogens with zero attached hydrogens (tertiary/aromatic N) is 1. The molecule has 0 radical (unpaired) electrons. The minimum absolute atomic E-state index is 0.0530. The van der Waals surface area contributed by atoms with Crippen molar-refractivity contribution < 1.29 is 19.1 Å². The van der Waals surface area contributed by atoms with Crippen molar-refractivity contribution in [1.29, 1.82) is 0 Å². The molecule has 0 aromatic heterocycles. The van der Waals surface area contributed by atoms with E-state index in [1.165, 1.54) is 5.56 Å². The average molecular weight is 570 g/mol. The van der Waals surface area contributed by atoms with Crippen molar-refractivity contribution in [3.8, 4) is 0 Å². The fourth-order valence-electron chi connectivity index (χ4n) is 7.60. The Morgan fingerprint density at radius 3 is 2.50 bits per heavy atom. The van der Waals surface area contributed by atoms with Gasteiger partial charge in [0.15, 0.2) is 0 Å². The zero-order valence-electron chi connectivity index (χ0n) is 25.4. The van der Waals surface area contributed by atoms with Crippen LogP contribution in [0.15, 0.2) is 54.6 Å². The smallest absolute Gasteiger partial charge is 0.246 e. The number of aryl methyl sites for hydroxylation is 3. The van der Waals surface area contributed by atoms with Crippen LogP contribution >= 0.6 is 0 Å². The zero-order chi connectivity index (χ0) is 29.8. The van der Waals surface area contributed by atoms with Gasteiger partial charge in [-0.25, -0.2) is 0 Å². The highest BCUT2D eigenvalue weighted by Gasteiger charge is 2.72. The van der Waals surface area contributed by atoms with E-state index >= 15 is 0 Å². The van der Waals surface area contributed by atoms with Crippen LogP contribution in [-0.2, 0) is 25.5 Å². The number of carbonyl (C=O) groups is 3. The van der Waals surface area contributed by atoms with Gasteiger partial charge >= 0.3 is 0 Å². The first-order valence-corrected chi connectivity index (χ1v) is 15.5. The molecule has 2 aromatic rings. The van der Waals surface area contributed by atoms with Crippen molar-refractivity contribution in [3.05, 3.63) is 76.9 Å². The van der Waals surface area contributed by atoms with E-state index in [1.54, 1.807) is 4.90 Å². The number of amides is 3. The van der Waals surface area contributed by atoms with E-state index in [0.717, 1.165) is 36.0 Å². The van der Waals surface area contributed by atoms with E-state index in [0.29, 0.717) is 30.5 Å². The van der Waals surface area contributed by atoms with Crippen molar-refractivity contribution in [2.24, 2.45) is 23.7 Å². The van der Waals surface area contributed by atoms with E-state index in [-0.39, 0.29) is 23.8 Å². The molecule has 222 valence electrons.